The van der Waals surface area contributed by atoms with Crippen LogP contribution in [-0.4, -0.2) is 21.5 Å². The van der Waals surface area contributed by atoms with E-state index in [-0.39, 0.29) is 0 Å². The van der Waals surface area contributed by atoms with Crippen LogP contribution in [0.15, 0.2) is 30.5 Å². The van der Waals surface area contributed by atoms with Gasteiger partial charge in [-0.15, -0.1) is 5.10 Å². The van der Waals surface area contributed by atoms with Gasteiger partial charge in [-0.3, -0.25) is 5.32 Å². The molecule has 7 heteroatoms. The quantitative estimate of drug-likeness (QED) is 0.914. The molecule has 0 bridgehead atoms. The highest BCUT2D eigenvalue weighted by atomic mass is 35.5. The second-order valence-corrected chi connectivity index (χ2v) is 5.98. The van der Waals surface area contributed by atoms with Crippen molar-refractivity contribution in [1.29, 1.82) is 5.26 Å². The normalized spacial score (nSPS) is 10.9. The minimum Gasteiger partial charge on any atom is -0.444 e. The van der Waals surface area contributed by atoms with Crippen molar-refractivity contribution in [2.45, 2.75) is 26.4 Å². The van der Waals surface area contributed by atoms with Gasteiger partial charge < -0.3 is 4.74 Å². The third-order valence-corrected chi connectivity index (χ3v) is 2.78. The molecule has 0 atom stereocenters. The number of benzene rings is 1. The van der Waals surface area contributed by atoms with Gasteiger partial charge in [0.05, 0.1) is 11.3 Å². The second kappa shape index (κ2) is 6.08. The standard InChI is InChI=1S/C15H15ClN4O2/c1-15(2,3)22-14(21)18-13-6-7-20(19-13)12-5-4-11(16)8-10(12)9-17/h4-8H,1-3H3,(H,18,19,21). The lowest BCUT2D eigenvalue weighted by Gasteiger charge is -2.19. The predicted octanol–water partition coefficient (Wildman–Crippen LogP) is 3.74. The Balaban J connectivity index is 2.19. The van der Waals surface area contributed by atoms with Crippen LogP contribution in [0, 0.1) is 11.3 Å². The molecule has 2 rings (SSSR count). The average molecular weight is 319 g/mol. The number of ether oxygens (including phenoxy) is 1. The van der Waals surface area contributed by atoms with Crippen molar-refractivity contribution in [3.05, 3.63) is 41.0 Å². The number of amides is 1. The molecule has 1 N–H and O–H groups in total. The number of carbonyl (C=O) groups excluding carboxylic acids is 1. The maximum absolute atomic E-state index is 11.7. The number of rotatable bonds is 2. The van der Waals surface area contributed by atoms with Crippen LogP contribution < -0.4 is 5.32 Å². The van der Waals surface area contributed by atoms with E-state index in [1.165, 1.54) is 4.68 Å². The molecule has 0 aliphatic heterocycles. The van der Waals surface area contributed by atoms with Crippen molar-refractivity contribution in [3.8, 4) is 11.8 Å². The van der Waals surface area contributed by atoms with E-state index in [1.807, 2.05) is 0 Å². The Morgan fingerprint density at radius 1 is 1.41 bits per heavy atom. The van der Waals surface area contributed by atoms with Crippen LogP contribution in [0.3, 0.4) is 0 Å². The summed E-state index contributed by atoms with van der Waals surface area (Å²) in [5.74, 6) is 0.327. The Morgan fingerprint density at radius 3 is 2.77 bits per heavy atom. The Labute approximate surface area is 133 Å². The topological polar surface area (TPSA) is 79.9 Å². The molecule has 2 aromatic rings. The van der Waals surface area contributed by atoms with Gasteiger partial charge >= 0.3 is 6.09 Å². The number of nitriles is 1. The van der Waals surface area contributed by atoms with Crippen LogP contribution in [-0.2, 0) is 4.74 Å². The molecule has 0 unspecified atom stereocenters. The molecular formula is C15H15ClN4O2. The minimum atomic E-state index is -0.589. The van der Waals surface area contributed by atoms with Gasteiger partial charge in [-0.25, -0.2) is 9.48 Å². The summed E-state index contributed by atoms with van der Waals surface area (Å²) >= 11 is 5.86. The molecular weight excluding hydrogens is 304 g/mol. The molecule has 6 nitrogen and oxygen atoms in total. The summed E-state index contributed by atoms with van der Waals surface area (Å²) in [4.78, 5) is 11.7. The molecule has 1 heterocycles. The smallest absolute Gasteiger partial charge is 0.413 e. The molecule has 0 aliphatic rings. The minimum absolute atomic E-state index is 0.327. The summed E-state index contributed by atoms with van der Waals surface area (Å²) in [5, 5.41) is 16.4. The van der Waals surface area contributed by atoms with Crippen molar-refractivity contribution in [1.82, 2.24) is 9.78 Å². The SMILES string of the molecule is CC(C)(C)OC(=O)Nc1ccn(-c2ccc(Cl)cc2C#N)n1. The Hall–Kier alpha value is -2.52. The van der Waals surface area contributed by atoms with Gasteiger partial charge in [0.2, 0.25) is 0 Å². The van der Waals surface area contributed by atoms with Crippen LogP contribution in [0.25, 0.3) is 5.69 Å². The first-order chi connectivity index (χ1) is 10.3. The van der Waals surface area contributed by atoms with E-state index in [2.05, 4.69) is 16.5 Å². The number of hydrogen-bond donors (Lipinski definition) is 1. The van der Waals surface area contributed by atoms with Crippen molar-refractivity contribution >= 4 is 23.5 Å². The zero-order chi connectivity index (χ0) is 16.3. The van der Waals surface area contributed by atoms with Gasteiger partial charge in [0.15, 0.2) is 5.82 Å². The first-order valence-corrected chi connectivity index (χ1v) is 6.92. The summed E-state index contributed by atoms with van der Waals surface area (Å²) in [6.07, 6.45) is 1.05. The number of hydrogen-bond acceptors (Lipinski definition) is 4. The van der Waals surface area contributed by atoms with Crippen molar-refractivity contribution in [2.75, 3.05) is 5.32 Å². The molecule has 0 saturated heterocycles. The third kappa shape index (κ3) is 3.99. The van der Waals surface area contributed by atoms with Gasteiger partial charge in [0.25, 0.3) is 0 Å². The van der Waals surface area contributed by atoms with Crippen LogP contribution >= 0.6 is 11.6 Å². The van der Waals surface area contributed by atoms with Gasteiger partial charge in [0, 0.05) is 17.3 Å². The largest absolute Gasteiger partial charge is 0.444 e. The molecule has 1 aromatic heterocycles. The maximum Gasteiger partial charge on any atom is 0.413 e. The fourth-order valence-electron chi connectivity index (χ4n) is 1.73. The Morgan fingerprint density at radius 2 is 2.14 bits per heavy atom. The van der Waals surface area contributed by atoms with E-state index in [4.69, 9.17) is 21.6 Å². The predicted molar refractivity (Wildman–Crippen MR) is 83.1 cm³/mol. The van der Waals surface area contributed by atoms with Gasteiger partial charge in [-0.1, -0.05) is 11.6 Å². The van der Waals surface area contributed by atoms with E-state index < -0.39 is 11.7 Å². The number of halogens is 1. The highest BCUT2D eigenvalue weighted by Crippen LogP contribution is 2.20. The Kier molecular flexibility index (Phi) is 4.38. The summed E-state index contributed by atoms with van der Waals surface area (Å²) in [5.41, 5.74) is 0.375. The fourth-order valence-corrected chi connectivity index (χ4v) is 1.90. The zero-order valence-corrected chi connectivity index (χ0v) is 13.2. The lowest BCUT2D eigenvalue weighted by atomic mass is 10.2. The number of nitrogens with zero attached hydrogens (tertiary/aromatic N) is 3. The fraction of sp³-hybridized carbons (Fsp3) is 0.267. The molecule has 0 radical (unpaired) electrons. The van der Waals surface area contributed by atoms with Crippen LogP contribution in [0.2, 0.25) is 5.02 Å². The average Bonchev–Trinajstić information content (AvgIpc) is 2.84. The van der Waals surface area contributed by atoms with Gasteiger partial charge in [-0.2, -0.15) is 5.26 Å². The first-order valence-electron chi connectivity index (χ1n) is 6.54. The Bertz CT molecular complexity index is 741. The van der Waals surface area contributed by atoms with E-state index in [0.29, 0.717) is 22.1 Å². The first kappa shape index (κ1) is 15.9. The van der Waals surface area contributed by atoms with Crippen molar-refractivity contribution in [3.63, 3.8) is 0 Å². The molecule has 114 valence electrons. The molecule has 0 fully saturated rings. The number of carbonyl (C=O) groups is 1. The van der Waals surface area contributed by atoms with E-state index in [9.17, 15) is 4.79 Å². The van der Waals surface area contributed by atoms with Crippen LogP contribution in [0.1, 0.15) is 26.3 Å². The lowest BCUT2D eigenvalue weighted by Crippen LogP contribution is -2.27. The second-order valence-electron chi connectivity index (χ2n) is 5.55. The molecule has 0 spiro atoms. The molecule has 1 amide bonds. The summed E-state index contributed by atoms with van der Waals surface area (Å²) in [6, 6.07) is 8.58. The molecule has 0 saturated carbocycles. The number of aromatic nitrogens is 2. The van der Waals surface area contributed by atoms with Gasteiger partial charge in [0.1, 0.15) is 11.7 Å². The summed E-state index contributed by atoms with van der Waals surface area (Å²) < 4.78 is 6.64. The summed E-state index contributed by atoms with van der Waals surface area (Å²) in [6.45, 7) is 5.33. The van der Waals surface area contributed by atoms with E-state index in [0.717, 1.165) is 0 Å². The molecule has 1 aromatic carbocycles. The van der Waals surface area contributed by atoms with Crippen molar-refractivity contribution in [2.24, 2.45) is 0 Å². The highest BCUT2D eigenvalue weighted by molar-refractivity contribution is 6.30. The number of nitrogens with one attached hydrogen (secondary N) is 1. The van der Waals surface area contributed by atoms with Gasteiger partial charge in [-0.05, 0) is 39.0 Å². The monoisotopic (exact) mass is 318 g/mol. The van der Waals surface area contributed by atoms with E-state index >= 15 is 0 Å². The van der Waals surface area contributed by atoms with Crippen LogP contribution in [0.5, 0.6) is 0 Å². The summed E-state index contributed by atoms with van der Waals surface area (Å²) in [7, 11) is 0. The molecule has 22 heavy (non-hydrogen) atoms. The number of anilines is 1. The maximum atomic E-state index is 11.7. The third-order valence-electron chi connectivity index (χ3n) is 2.54. The zero-order valence-electron chi connectivity index (χ0n) is 12.4. The lowest BCUT2D eigenvalue weighted by molar-refractivity contribution is 0.0635. The van der Waals surface area contributed by atoms with E-state index in [1.54, 1.807) is 51.2 Å². The molecule has 0 aliphatic carbocycles. The highest BCUT2D eigenvalue weighted by Gasteiger charge is 2.17. The van der Waals surface area contributed by atoms with Crippen LogP contribution in [0.4, 0.5) is 10.6 Å². The van der Waals surface area contributed by atoms with Crippen molar-refractivity contribution < 1.29 is 9.53 Å².